The summed E-state index contributed by atoms with van der Waals surface area (Å²) >= 11 is 6.03. The van der Waals surface area contributed by atoms with E-state index < -0.39 is 0 Å². The molecule has 2 rings (SSSR count). The van der Waals surface area contributed by atoms with Gasteiger partial charge >= 0.3 is 0 Å². The number of amides is 1. The monoisotopic (exact) mass is 544 g/mol. The molecule has 0 saturated carbocycles. The molecule has 8 heteroatoms. The first kappa shape index (κ1) is 26.0. The highest BCUT2D eigenvalue weighted by molar-refractivity contribution is 14.0. The van der Waals surface area contributed by atoms with Gasteiger partial charge in [-0.3, -0.25) is 4.79 Å². The van der Waals surface area contributed by atoms with Crippen molar-refractivity contribution in [1.82, 2.24) is 15.5 Å². The van der Waals surface area contributed by atoms with Gasteiger partial charge in [-0.1, -0.05) is 35.9 Å². The Morgan fingerprint density at radius 3 is 2.53 bits per heavy atom. The standard InChI is InChI=1S/C22H29ClN4O2.HI/c1-4-24-22(25-12-11-17-7-5-9-19(23)13-17)26-15-18-8-6-10-20(14-18)29-16-21(28)27(2)3;/h5-10,13-14H,4,11-12,15-16H2,1-3H3,(H2,24,25,26);1H. The summed E-state index contributed by atoms with van der Waals surface area (Å²) in [6.07, 6.45) is 0.855. The van der Waals surface area contributed by atoms with Crippen molar-refractivity contribution < 1.29 is 9.53 Å². The van der Waals surface area contributed by atoms with E-state index in [-0.39, 0.29) is 36.5 Å². The number of aliphatic imine (C=N–C) groups is 1. The average molecular weight is 545 g/mol. The highest BCUT2D eigenvalue weighted by Gasteiger charge is 2.05. The lowest BCUT2D eigenvalue weighted by Crippen LogP contribution is -2.38. The first-order chi connectivity index (χ1) is 14.0. The summed E-state index contributed by atoms with van der Waals surface area (Å²) in [4.78, 5) is 17.8. The SMILES string of the molecule is CCNC(=NCc1cccc(OCC(=O)N(C)C)c1)NCCc1cccc(Cl)c1.I. The highest BCUT2D eigenvalue weighted by atomic mass is 127. The molecule has 2 aromatic rings. The maximum Gasteiger partial charge on any atom is 0.259 e. The molecule has 6 nitrogen and oxygen atoms in total. The number of nitrogens with zero attached hydrogens (tertiary/aromatic N) is 2. The fourth-order valence-electron chi connectivity index (χ4n) is 2.54. The van der Waals surface area contributed by atoms with Crippen molar-refractivity contribution in [2.24, 2.45) is 4.99 Å². The van der Waals surface area contributed by atoms with E-state index in [1.807, 2.05) is 49.4 Å². The van der Waals surface area contributed by atoms with Crippen molar-refractivity contribution in [2.75, 3.05) is 33.8 Å². The lowest BCUT2D eigenvalue weighted by atomic mass is 10.1. The summed E-state index contributed by atoms with van der Waals surface area (Å²) in [5.41, 5.74) is 2.19. The normalized spacial score (nSPS) is 10.7. The molecule has 0 saturated heterocycles. The summed E-state index contributed by atoms with van der Waals surface area (Å²) in [6, 6.07) is 15.5. The smallest absolute Gasteiger partial charge is 0.259 e. The number of halogens is 2. The molecule has 0 bridgehead atoms. The second-order valence-corrected chi connectivity index (χ2v) is 7.16. The lowest BCUT2D eigenvalue weighted by molar-refractivity contribution is -0.130. The molecule has 0 aliphatic heterocycles. The number of carbonyl (C=O) groups excluding carboxylic acids is 1. The zero-order chi connectivity index (χ0) is 21.1. The number of benzene rings is 2. The van der Waals surface area contributed by atoms with Crippen LogP contribution >= 0.6 is 35.6 Å². The second-order valence-electron chi connectivity index (χ2n) is 6.73. The van der Waals surface area contributed by atoms with Crippen molar-refractivity contribution in [3.63, 3.8) is 0 Å². The molecule has 0 radical (unpaired) electrons. The van der Waals surface area contributed by atoms with Gasteiger partial charge in [0.25, 0.3) is 5.91 Å². The van der Waals surface area contributed by atoms with E-state index in [0.717, 1.165) is 36.1 Å². The summed E-state index contributed by atoms with van der Waals surface area (Å²) in [7, 11) is 3.41. The van der Waals surface area contributed by atoms with Crippen LogP contribution in [0.1, 0.15) is 18.1 Å². The minimum Gasteiger partial charge on any atom is -0.484 e. The fourth-order valence-corrected chi connectivity index (χ4v) is 2.75. The van der Waals surface area contributed by atoms with Crippen molar-refractivity contribution in [3.8, 4) is 5.75 Å². The molecular weight excluding hydrogens is 515 g/mol. The van der Waals surface area contributed by atoms with E-state index in [2.05, 4.69) is 21.7 Å². The summed E-state index contributed by atoms with van der Waals surface area (Å²) < 4.78 is 5.57. The average Bonchev–Trinajstić information content (AvgIpc) is 2.70. The molecule has 0 heterocycles. The Kier molecular flexibility index (Phi) is 12.2. The van der Waals surface area contributed by atoms with Crippen LogP contribution in [0.4, 0.5) is 0 Å². The van der Waals surface area contributed by atoms with Crippen LogP contribution in [-0.4, -0.2) is 50.6 Å². The molecule has 2 N–H and O–H groups in total. The summed E-state index contributed by atoms with van der Waals surface area (Å²) in [5.74, 6) is 1.34. The molecule has 1 amide bonds. The number of ether oxygens (including phenoxy) is 1. The number of guanidine groups is 1. The fraction of sp³-hybridized carbons (Fsp3) is 0.364. The topological polar surface area (TPSA) is 66.0 Å². The maximum absolute atomic E-state index is 11.7. The Labute approximate surface area is 201 Å². The van der Waals surface area contributed by atoms with Gasteiger partial charge in [0.05, 0.1) is 6.54 Å². The van der Waals surface area contributed by atoms with E-state index in [1.165, 1.54) is 10.5 Å². The van der Waals surface area contributed by atoms with Gasteiger partial charge in [-0.25, -0.2) is 4.99 Å². The van der Waals surface area contributed by atoms with Crippen LogP contribution in [0, 0.1) is 0 Å². The third-order valence-electron chi connectivity index (χ3n) is 4.12. The van der Waals surface area contributed by atoms with Crippen molar-refractivity contribution in [1.29, 1.82) is 0 Å². The predicted octanol–water partition coefficient (Wildman–Crippen LogP) is 3.72. The number of rotatable bonds is 9. The Morgan fingerprint density at radius 1 is 1.10 bits per heavy atom. The van der Waals surface area contributed by atoms with E-state index in [0.29, 0.717) is 12.3 Å². The molecule has 0 aromatic heterocycles. The number of nitrogens with one attached hydrogen (secondary N) is 2. The van der Waals surface area contributed by atoms with Crippen LogP contribution in [-0.2, 0) is 17.8 Å². The Hall–Kier alpha value is -2.00. The largest absolute Gasteiger partial charge is 0.484 e. The van der Waals surface area contributed by atoms with E-state index in [9.17, 15) is 4.79 Å². The number of likely N-dealkylation sites (N-methyl/N-ethyl adjacent to an activating group) is 1. The van der Waals surface area contributed by atoms with E-state index in [4.69, 9.17) is 16.3 Å². The molecule has 0 unspecified atom stereocenters. The van der Waals surface area contributed by atoms with Gasteiger partial charge in [0.1, 0.15) is 5.75 Å². The van der Waals surface area contributed by atoms with Crippen molar-refractivity contribution in [3.05, 3.63) is 64.7 Å². The minimum absolute atomic E-state index is 0. The highest BCUT2D eigenvalue weighted by Crippen LogP contribution is 2.14. The molecule has 2 aromatic carbocycles. The Bertz CT molecular complexity index is 830. The number of hydrogen-bond acceptors (Lipinski definition) is 3. The molecule has 0 aliphatic carbocycles. The zero-order valence-corrected chi connectivity index (χ0v) is 20.7. The molecular formula is C22H30ClIN4O2. The van der Waals surface area contributed by atoms with Gasteiger partial charge in [-0.15, -0.1) is 24.0 Å². The second kappa shape index (κ2) is 14.1. The van der Waals surface area contributed by atoms with Gasteiger partial charge in [0.15, 0.2) is 12.6 Å². The minimum atomic E-state index is -0.0771. The van der Waals surface area contributed by atoms with Crippen LogP contribution < -0.4 is 15.4 Å². The molecule has 0 spiro atoms. The third kappa shape index (κ3) is 9.67. The van der Waals surface area contributed by atoms with Gasteiger partial charge < -0.3 is 20.3 Å². The summed E-state index contributed by atoms with van der Waals surface area (Å²) in [6.45, 7) is 4.09. The van der Waals surface area contributed by atoms with Gasteiger partial charge in [0.2, 0.25) is 0 Å². The van der Waals surface area contributed by atoms with E-state index in [1.54, 1.807) is 14.1 Å². The summed E-state index contributed by atoms with van der Waals surface area (Å²) in [5, 5.41) is 7.34. The lowest BCUT2D eigenvalue weighted by Gasteiger charge is -2.13. The number of hydrogen-bond donors (Lipinski definition) is 2. The molecule has 0 fully saturated rings. The molecule has 0 atom stereocenters. The molecule has 0 aliphatic rings. The Morgan fingerprint density at radius 2 is 1.83 bits per heavy atom. The van der Waals surface area contributed by atoms with Gasteiger partial charge in [-0.05, 0) is 48.7 Å². The maximum atomic E-state index is 11.7. The van der Waals surface area contributed by atoms with E-state index >= 15 is 0 Å². The Balaban J connectivity index is 0.00000450. The van der Waals surface area contributed by atoms with Crippen molar-refractivity contribution >= 4 is 47.4 Å². The van der Waals surface area contributed by atoms with Crippen LogP contribution in [0.2, 0.25) is 5.02 Å². The van der Waals surface area contributed by atoms with Crippen LogP contribution in [0.15, 0.2) is 53.5 Å². The predicted molar refractivity (Wildman–Crippen MR) is 134 cm³/mol. The zero-order valence-electron chi connectivity index (χ0n) is 17.7. The number of carbonyl (C=O) groups is 1. The van der Waals surface area contributed by atoms with Crippen molar-refractivity contribution in [2.45, 2.75) is 19.9 Å². The first-order valence-electron chi connectivity index (χ1n) is 9.66. The van der Waals surface area contributed by atoms with Gasteiger partial charge in [0, 0.05) is 32.2 Å². The van der Waals surface area contributed by atoms with Crippen LogP contribution in [0.5, 0.6) is 5.75 Å². The molecule has 164 valence electrons. The van der Waals surface area contributed by atoms with Crippen LogP contribution in [0.3, 0.4) is 0 Å². The third-order valence-corrected chi connectivity index (χ3v) is 4.35. The van der Waals surface area contributed by atoms with Gasteiger partial charge in [-0.2, -0.15) is 0 Å². The quantitative estimate of drug-likeness (QED) is 0.287. The van der Waals surface area contributed by atoms with Crippen LogP contribution in [0.25, 0.3) is 0 Å². The molecule has 30 heavy (non-hydrogen) atoms. The first-order valence-corrected chi connectivity index (χ1v) is 10.0.